The number of piperidine rings is 1. The van der Waals surface area contributed by atoms with Gasteiger partial charge in [-0.2, -0.15) is 0 Å². The molecule has 0 atom stereocenters. The number of esters is 1. The quantitative estimate of drug-likeness (QED) is 0.608. The number of allylic oxidation sites excluding steroid dienone is 1. The molecule has 0 radical (unpaired) electrons. The molecule has 0 aliphatic carbocycles. The van der Waals surface area contributed by atoms with Crippen LogP contribution in [0.2, 0.25) is 0 Å². The molecule has 0 aromatic heterocycles. The van der Waals surface area contributed by atoms with Crippen molar-refractivity contribution in [1.29, 1.82) is 0 Å². The van der Waals surface area contributed by atoms with Crippen molar-refractivity contribution in [2.45, 2.75) is 64.1 Å². The first-order chi connectivity index (χ1) is 9.06. The molecule has 5 nitrogen and oxygen atoms in total. The minimum Gasteiger partial charge on any atom is -0.467 e. The molecular formula is C15H26N2O3. The van der Waals surface area contributed by atoms with Gasteiger partial charge in [-0.05, 0) is 53.5 Å². The summed E-state index contributed by atoms with van der Waals surface area (Å²) >= 11 is 0. The van der Waals surface area contributed by atoms with E-state index >= 15 is 0 Å². The Labute approximate surface area is 121 Å². The molecule has 1 heterocycles. The Morgan fingerprint density at radius 2 is 1.65 bits per heavy atom. The molecule has 0 bridgehead atoms. The highest BCUT2D eigenvalue weighted by atomic mass is 16.5. The molecule has 0 aromatic rings. The summed E-state index contributed by atoms with van der Waals surface area (Å²) in [6.07, 6.45) is 4.04. The number of carbonyl (C=O) groups is 2. The maximum atomic E-state index is 12.3. The van der Waals surface area contributed by atoms with E-state index in [0.717, 1.165) is 0 Å². The number of ether oxygens (including phenoxy) is 1. The smallest absolute Gasteiger partial charge is 0.331 e. The molecule has 1 saturated heterocycles. The highest BCUT2D eigenvalue weighted by Crippen LogP contribution is 2.36. The SMILES string of the molecule is C/C=C/C(=O)NC1(C(=O)OC)CC(C)(C)NC(C)(C)C1. The standard InChI is InChI=1S/C15H26N2O3/c1-7-8-11(18)16-15(12(19)20-6)9-13(2,3)17-14(4,5)10-15/h7-8,17H,9-10H2,1-6H3,(H,16,18)/b8-7+. The normalized spacial score (nSPS) is 23.3. The van der Waals surface area contributed by atoms with E-state index in [0.29, 0.717) is 12.8 Å². The zero-order chi connectivity index (χ0) is 15.6. The fourth-order valence-corrected chi connectivity index (χ4v) is 3.48. The number of hydrogen-bond acceptors (Lipinski definition) is 4. The molecule has 0 aromatic carbocycles. The van der Waals surface area contributed by atoms with Crippen LogP contribution in [0, 0.1) is 0 Å². The highest BCUT2D eigenvalue weighted by molar-refractivity contribution is 5.93. The first kappa shape index (κ1) is 16.7. The maximum Gasteiger partial charge on any atom is 0.331 e. The number of hydrogen-bond donors (Lipinski definition) is 2. The van der Waals surface area contributed by atoms with Crippen molar-refractivity contribution in [2.75, 3.05) is 7.11 Å². The van der Waals surface area contributed by atoms with E-state index in [1.54, 1.807) is 13.0 Å². The summed E-state index contributed by atoms with van der Waals surface area (Å²) in [5.74, 6) is -0.663. The summed E-state index contributed by atoms with van der Waals surface area (Å²) in [4.78, 5) is 24.2. The first-order valence-corrected chi connectivity index (χ1v) is 6.88. The van der Waals surface area contributed by atoms with Crippen LogP contribution in [-0.2, 0) is 14.3 Å². The van der Waals surface area contributed by atoms with Gasteiger partial charge in [0.05, 0.1) is 7.11 Å². The van der Waals surface area contributed by atoms with Gasteiger partial charge in [-0.25, -0.2) is 4.79 Å². The second-order valence-electron chi connectivity index (χ2n) is 6.81. The lowest BCUT2D eigenvalue weighted by molar-refractivity contribution is -0.155. The molecule has 0 unspecified atom stereocenters. The third kappa shape index (κ3) is 3.82. The van der Waals surface area contributed by atoms with Crippen molar-refractivity contribution < 1.29 is 14.3 Å². The predicted octanol–water partition coefficient (Wildman–Crippen LogP) is 1.53. The van der Waals surface area contributed by atoms with E-state index in [1.165, 1.54) is 13.2 Å². The third-order valence-electron chi connectivity index (χ3n) is 3.42. The third-order valence-corrected chi connectivity index (χ3v) is 3.42. The predicted molar refractivity (Wildman–Crippen MR) is 78.2 cm³/mol. The Hall–Kier alpha value is -1.36. The monoisotopic (exact) mass is 282 g/mol. The Kier molecular flexibility index (Phi) is 4.64. The van der Waals surface area contributed by atoms with E-state index in [1.807, 2.05) is 27.7 Å². The largest absolute Gasteiger partial charge is 0.467 e. The number of rotatable bonds is 3. The Balaban J connectivity index is 3.17. The zero-order valence-corrected chi connectivity index (χ0v) is 13.3. The van der Waals surface area contributed by atoms with E-state index in [9.17, 15) is 9.59 Å². The van der Waals surface area contributed by atoms with Gasteiger partial charge in [0.2, 0.25) is 5.91 Å². The van der Waals surface area contributed by atoms with Gasteiger partial charge >= 0.3 is 5.97 Å². The topological polar surface area (TPSA) is 67.4 Å². The van der Waals surface area contributed by atoms with Gasteiger partial charge in [-0.1, -0.05) is 6.08 Å². The number of carbonyl (C=O) groups excluding carboxylic acids is 2. The lowest BCUT2D eigenvalue weighted by Crippen LogP contribution is -2.70. The van der Waals surface area contributed by atoms with E-state index in [2.05, 4.69) is 10.6 Å². The molecule has 1 aliphatic heterocycles. The van der Waals surface area contributed by atoms with Gasteiger partial charge < -0.3 is 15.4 Å². The van der Waals surface area contributed by atoms with Crippen LogP contribution in [0.25, 0.3) is 0 Å². The average Bonchev–Trinajstić information content (AvgIpc) is 2.23. The van der Waals surface area contributed by atoms with Crippen LogP contribution in [0.3, 0.4) is 0 Å². The van der Waals surface area contributed by atoms with Crippen LogP contribution in [0.5, 0.6) is 0 Å². The maximum absolute atomic E-state index is 12.3. The second-order valence-corrected chi connectivity index (χ2v) is 6.81. The fraction of sp³-hybridized carbons (Fsp3) is 0.733. The van der Waals surface area contributed by atoms with Crippen molar-refractivity contribution in [3.63, 3.8) is 0 Å². The number of amides is 1. The van der Waals surface area contributed by atoms with Crippen LogP contribution in [0.1, 0.15) is 47.5 Å². The number of nitrogens with one attached hydrogen (secondary N) is 2. The fourth-order valence-electron chi connectivity index (χ4n) is 3.48. The molecule has 0 saturated carbocycles. The summed E-state index contributed by atoms with van der Waals surface area (Å²) < 4.78 is 4.95. The zero-order valence-electron chi connectivity index (χ0n) is 13.3. The van der Waals surface area contributed by atoms with Gasteiger partial charge in [0.25, 0.3) is 0 Å². The first-order valence-electron chi connectivity index (χ1n) is 6.88. The van der Waals surface area contributed by atoms with Crippen LogP contribution >= 0.6 is 0 Å². The molecule has 5 heteroatoms. The van der Waals surface area contributed by atoms with Gasteiger partial charge in [-0.15, -0.1) is 0 Å². The summed E-state index contributed by atoms with van der Waals surface area (Å²) in [7, 11) is 1.36. The van der Waals surface area contributed by atoms with Crippen molar-refractivity contribution in [3.8, 4) is 0 Å². The molecule has 20 heavy (non-hydrogen) atoms. The Morgan fingerprint density at radius 3 is 2.05 bits per heavy atom. The van der Waals surface area contributed by atoms with Crippen molar-refractivity contribution in [3.05, 3.63) is 12.2 Å². The highest BCUT2D eigenvalue weighted by Gasteiger charge is 2.53. The molecule has 1 rings (SSSR count). The molecule has 114 valence electrons. The van der Waals surface area contributed by atoms with Crippen LogP contribution < -0.4 is 10.6 Å². The Morgan fingerprint density at radius 1 is 1.15 bits per heavy atom. The van der Waals surface area contributed by atoms with Gasteiger partial charge in [-0.3, -0.25) is 4.79 Å². The van der Waals surface area contributed by atoms with E-state index in [-0.39, 0.29) is 17.0 Å². The summed E-state index contributed by atoms with van der Waals surface area (Å²) in [6, 6.07) is 0. The second kappa shape index (κ2) is 5.56. The minimum absolute atomic E-state index is 0.272. The molecule has 1 amide bonds. The lowest BCUT2D eigenvalue weighted by Gasteiger charge is -2.51. The lowest BCUT2D eigenvalue weighted by atomic mass is 9.70. The molecule has 1 fully saturated rings. The van der Waals surface area contributed by atoms with Gasteiger partial charge in [0, 0.05) is 11.1 Å². The molecule has 0 spiro atoms. The summed E-state index contributed by atoms with van der Waals surface area (Å²) in [5, 5.41) is 6.35. The van der Waals surface area contributed by atoms with Crippen molar-refractivity contribution >= 4 is 11.9 Å². The average molecular weight is 282 g/mol. The number of methoxy groups -OCH3 is 1. The van der Waals surface area contributed by atoms with Crippen LogP contribution in [-0.4, -0.2) is 35.6 Å². The molecule has 1 aliphatic rings. The van der Waals surface area contributed by atoms with E-state index in [4.69, 9.17) is 4.74 Å². The van der Waals surface area contributed by atoms with Crippen LogP contribution in [0.15, 0.2) is 12.2 Å². The minimum atomic E-state index is -0.996. The van der Waals surface area contributed by atoms with Crippen molar-refractivity contribution in [1.82, 2.24) is 10.6 Å². The van der Waals surface area contributed by atoms with Gasteiger partial charge in [0.1, 0.15) is 5.54 Å². The van der Waals surface area contributed by atoms with Gasteiger partial charge in [0.15, 0.2) is 0 Å². The summed E-state index contributed by atoms with van der Waals surface area (Å²) in [6.45, 7) is 9.85. The molecule has 2 N–H and O–H groups in total. The van der Waals surface area contributed by atoms with E-state index < -0.39 is 11.5 Å². The van der Waals surface area contributed by atoms with Crippen molar-refractivity contribution in [2.24, 2.45) is 0 Å². The molecular weight excluding hydrogens is 256 g/mol. The Bertz CT molecular complexity index is 409. The van der Waals surface area contributed by atoms with Crippen LogP contribution in [0.4, 0.5) is 0 Å². The summed E-state index contributed by atoms with van der Waals surface area (Å²) in [5.41, 5.74) is -1.55.